The Kier molecular flexibility index (Phi) is 12.7. The van der Waals surface area contributed by atoms with Crippen molar-refractivity contribution in [3.63, 3.8) is 0 Å². The van der Waals surface area contributed by atoms with Crippen LogP contribution in [0.4, 0.5) is 34.6 Å². The lowest BCUT2D eigenvalue weighted by molar-refractivity contribution is -0.468. The van der Waals surface area contributed by atoms with Gasteiger partial charge in [-0.1, -0.05) is 0 Å². The molecule has 3 N–H and O–H groups in total. The summed E-state index contributed by atoms with van der Waals surface area (Å²) in [5.74, 6) is -1.62. The number of hydrogen-bond acceptors (Lipinski definition) is 9. The van der Waals surface area contributed by atoms with Gasteiger partial charge >= 0.3 is 17.2 Å². The van der Waals surface area contributed by atoms with Crippen molar-refractivity contribution in [2.45, 2.75) is 109 Å². The molecule has 4 fully saturated rings. The summed E-state index contributed by atoms with van der Waals surface area (Å²) in [6.07, 6.45) is 0.974. The number of halogens is 4. The fourth-order valence-corrected chi connectivity index (χ4v) is 9.33. The molecule has 4 amide bonds. The summed E-state index contributed by atoms with van der Waals surface area (Å²) in [5, 5.41) is 17.4. The number of carbonyl (C=O) groups is 4. The molecule has 1 saturated carbocycles. The van der Waals surface area contributed by atoms with E-state index in [4.69, 9.17) is 12.2 Å². The van der Waals surface area contributed by atoms with Gasteiger partial charge in [-0.2, -0.15) is 18.4 Å². The first-order valence-corrected chi connectivity index (χ1v) is 20.1. The number of nitrogens with one attached hydrogen (secondary N) is 3. The lowest BCUT2D eigenvalue weighted by Gasteiger charge is -2.44. The number of anilines is 3. The SMILES string of the molecule is C[C@@H]1CN(CCCC2CCC(=[N+]3C(=S)N(c4ccc(C#N)c(C(F)(F)F)c4)C(=O)C3(C)C)CC2)C[C@H](C)N1CC(=O)Nc1cc(F)cc(NC2CCC(=O)NC2=O)c1. The molecule has 3 aliphatic heterocycles. The van der Waals surface area contributed by atoms with Crippen molar-refractivity contribution in [1.29, 1.82) is 5.26 Å². The van der Waals surface area contributed by atoms with Gasteiger partial charge in [0.25, 0.3) is 0 Å². The van der Waals surface area contributed by atoms with Gasteiger partial charge < -0.3 is 15.5 Å². The molecule has 3 saturated heterocycles. The molecule has 1 unspecified atom stereocenters. The van der Waals surface area contributed by atoms with Crippen molar-refractivity contribution in [3.05, 3.63) is 53.3 Å². The van der Waals surface area contributed by atoms with Gasteiger partial charge in [0.1, 0.15) is 17.5 Å². The van der Waals surface area contributed by atoms with Crippen molar-refractivity contribution in [1.82, 2.24) is 15.1 Å². The van der Waals surface area contributed by atoms with E-state index in [1.807, 2.05) is 4.58 Å². The molecule has 310 valence electrons. The average Bonchev–Trinajstić information content (AvgIpc) is 3.32. The van der Waals surface area contributed by atoms with Crippen LogP contribution >= 0.6 is 12.2 Å². The molecule has 0 spiro atoms. The number of thiocarbonyl (C=S) groups is 1. The van der Waals surface area contributed by atoms with Crippen molar-refractivity contribution in [3.8, 4) is 6.07 Å². The van der Waals surface area contributed by atoms with Crippen molar-refractivity contribution >= 4 is 63.7 Å². The molecule has 0 aromatic heterocycles. The Balaban J connectivity index is 0.973. The molecule has 12 nitrogen and oxygen atoms in total. The third kappa shape index (κ3) is 9.40. The van der Waals surface area contributed by atoms with E-state index >= 15 is 0 Å². The molecule has 0 radical (unpaired) electrons. The van der Waals surface area contributed by atoms with Crippen LogP contribution in [0.5, 0.6) is 0 Å². The van der Waals surface area contributed by atoms with E-state index in [0.29, 0.717) is 11.6 Å². The molecule has 58 heavy (non-hydrogen) atoms. The largest absolute Gasteiger partial charge is 0.417 e. The lowest BCUT2D eigenvalue weighted by Crippen LogP contribution is -2.58. The topological polar surface area (TPSA) is 141 Å². The maximum atomic E-state index is 14.5. The van der Waals surface area contributed by atoms with Crippen LogP contribution in [0.25, 0.3) is 0 Å². The summed E-state index contributed by atoms with van der Waals surface area (Å²) in [7, 11) is 0. The van der Waals surface area contributed by atoms with Gasteiger partial charge in [-0.05, 0) is 109 Å². The van der Waals surface area contributed by atoms with E-state index in [-0.39, 0.29) is 59.8 Å². The van der Waals surface area contributed by atoms with Crippen LogP contribution in [-0.4, -0.2) is 98.7 Å². The monoisotopic (exact) mass is 825 g/mol. The minimum atomic E-state index is -4.77. The lowest BCUT2D eigenvalue weighted by atomic mass is 9.84. The van der Waals surface area contributed by atoms with Crippen LogP contribution in [0.15, 0.2) is 36.4 Å². The minimum absolute atomic E-state index is 0.0144. The first-order chi connectivity index (χ1) is 27.3. The van der Waals surface area contributed by atoms with Gasteiger partial charge in [-0.25, -0.2) is 13.8 Å². The summed E-state index contributed by atoms with van der Waals surface area (Å²) in [4.78, 5) is 56.1. The molecular weight excluding hydrogens is 777 g/mol. The number of alkyl halides is 3. The van der Waals surface area contributed by atoms with Gasteiger partial charge in [0.05, 0.1) is 29.5 Å². The number of carbonyl (C=O) groups excluding carboxylic acids is 4. The summed E-state index contributed by atoms with van der Waals surface area (Å²) in [5.41, 5.74) is -1.14. The number of hydrogen-bond donors (Lipinski definition) is 3. The second kappa shape index (κ2) is 17.2. The minimum Gasteiger partial charge on any atom is -0.374 e. The van der Waals surface area contributed by atoms with Crippen LogP contribution in [0.1, 0.15) is 90.2 Å². The van der Waals surface area contributed by atoms with Crippen LogP contribution < -0.4 is 20.9 Å². The van der Waals surface area contributed by atoms with Crippen molar-refractivity contribution in [2.75, 3.05) is 41.7 Å². The Hall–Kier alpha value is -4.79. The maximum Gasteiger partial charge on any atom is 0.417 e. The number of amides is 4. The van der Waals surface area contributed by atoms with Crippen LogP contribution in [0.3, 0.4) is 0 Å². The van der Waals surface area contributed by atoms with Gasteiger partial charge in [0.2, 0.25) is 23.3 Å². The Labute approximate surface area is 340 Å². The second-order valence-electron chi connectivity index (χ2n) is 16.4. The van der Waals surface area contributed by atoms with Crippen molar-refractivity contribution in [2.24, 2.45) is 5.92 Å². The summed E-state index contributed by atoms with van der Waals surface area (Å²) < 4.78 is 57.5. The zero-order valence-corrected chi connectivity index (χ0v) is 33.9. The molecule has 1 aliphatic carbocycles. The number of rotatable bonds is 10. The summed E-state index contributed by atoms with van der Waals surface area (Å²) in [6.45, 7) is 10.3. The first kappa shape index (κ1) is 42.8. The van der Waals surface area contributed by atoms with E-state index in [0.717, 1.165) is 80.9 Å². The van der Waals surface area contributed by atoms with Gasteiger partial charge in [-0.3, -0.25) is 24.6 Å². The Bertz CT molecular complexity index is 2040. The molecule has 3 atom stereocenters. The van der Waals surface area contributed by atoms with E-state index < -0.39 is 46.5 Å². The highest BCUT2D eigenvalue weighted by Gasteiger charge is 2.57. The standard InChI is InChI=1S/C41H48F4N8O4S/c1-24-21-50(22-25(2)51(24)23-36(55)48-30-17-28(42)16-29(18-30)47-34-13-14-35(54)49-37(34)56)15-5-6-26-7-10-31(11-8-26)53-39(58)52(38(57)40(53,3)4)32-12-9-27(20-46)33(19-32)41(43,44)45/h9,12,16-19,24-26,34,47H,5-8,10-11,13-15,21-23H2,1-4H3,(H-,48,49,54,55,56)/p+1/t24-,25+,26?,34?. The van der Waals surface area contributed by atoms with Gasteiger partial charge in [-0.15, -0.1) is 4.90 Å². The summed E-state index contributed by atoms with van der Waals surface area (Å²) in [6, 6.07) is 8.32. The number of piperazine rings is 1. The predicted molar refractivity (Wildman–Crippen MR) is 214 cm³/mol. The fraction of sp³-hybridized carbons (Fsp3) is 0.537. The number of nitrogens with zero attached hydrogens (tertiary/aromatic N) is 5. The quantitative estimate of drug-likeness (QED) is 0.117. The number of piperidine rings is 1. The molecule has 4 aliphatic rings. The van der Waals surface area contributed by atoms with E-state index in [9.17, 15) is 42.0 Å². The average molecular weight is 826 g/mol. The van der Waals surface area contributed by atoms with E-state index in [1.165, 1.54) is 18.2 Å². The van der Waals surface area contributed by atoms with E-state index in [1.54, 1.807) is 26.0 Å². The molecule has 17 heteroatoms. The molecular formula is C41H49F4N8O4S+. The van der Waals surface area contributed by atoms with Gasteiger partial charge in [0, 0.05) is 68.0 Å². The Morgan fingerprint density at radius 3 is 2.33 bits per heavy atom. The maximum absolute atomic E-state index is 14.5. The zero-order valence-electron chi connectivity index (χ0n) is 33.0. The molecule has 3 heterocycles. The molecule has 2 aromatic carbocycles. The van der Waals surface area contributed by atoms with Crippen molar-refractivity contribution < 1.29 is 41.3 Å². The zero-order chi connectivity index (χ0) is 42.1. The molecule has 2 aromatic rings. The second-order valence-corrected chi connectivity index (χ2v) is 16.7. The number of imide groups is 1. The van der Waals surface area contributed by atoms with Crippen LogP contribution in [-0.2, 0) is 25.4 Å². The molecule has 6 rings (SSSR count). The van der Waals surface area contributed by atoms with Crippen LogP contribution in [0, 0.1) is 23.1 Å². The number of benzene rings is 2. The van der Waals surface area contributed by atoms with Crippen LogP contribution in [0.2, 0.25) is 0 Å². The first-order valence-electron chi connectivity index (χ1n) is 19.7. The summed E-state index contributed by atoms with van der Waals surface area (Å²) >= 11 is 5.74. The smallest absolute Gasteiger partial charge is 0.374 e. The normalized spacial score (nSPS) is 24.5. The number of nitriles is 1. The third-order valence-electron chi connectivity index (χ3n) is 11.7. The Morgan fingerprint density at radius 1 is 1.02 bits per heavy atom. The predicted octanol–water partition coefficient (Wildman–Crippen LogP) is 5.80. The highest BCUT2D eigenvalue weighted by Crippen LogP contribution is 2.38. The molecule has 0 bridgehead atoms. The highest BCUT2D eigenvalue weighted by molar-refractivity contribution is 7.80. The Morgan fingerprint density at radius 2 is 1.69 bits per heavy atom. The highest BCUT2D eigenvalue weighted by atomic mass is 32.1. The van der Waals surface area contributed by atoms with E-state index in [2.05, 4.69) is 39.6 Å². The third-order valence-corrected chi connectivity index (χ3v) is 12.1. The fourth-order valence-electron chi connectivity index (χ4n) is 8.79. The van der Waals surface area contributed by atoms with Gasteiger partial charge in [0.15, 0.2) is 0 Å².